The van der Waals surface area contributed by atoms with Crippen LogP contribution in [-0.2, 0) is 5.60 Å². The first-order valence-corrected chi connectivity index (χ1v) is 10.1. The van der Waals surface area contributed by atoms with E-state index in [2.05, 4.69) is 19.1 Å². The van der Waals surface area contributed by atoms with Crippen LogP contribution in [0.1, 0.15) is 62.4 Å². The molecule has 2 aromatic carbocycles. The van der Waals surface area contributed by atoms with Gasteiger partial charge in [0.25, 0.3) is 0 Å². The predicted molar refractivity (Wildman–Crippen MR) is 116 cm³/mol. The van der Waals surface area contributed by atoms with Crippen LogP contribution in [0, 0.1) is 0 Å². The molecule has 0 spiro atoms. The summed E-state index contributed by atoms with van der Waals surface area (Å²) in [4.78, 5) is 13.0. The van der Waals surface area contributed by atoms with E-state index in [0.29, 0.717) is 6.42 Å². The lowest BCUT2D eigenvalue weighted by atomic mass is 9.79. The Bertz CT molecular complexity index is 1000. The molecule has 0 saturated carbocycles. The number of carbonyl (C=O) groups is 1. The molecule has 5 nitrogen and oxygen atoms in total. The molecule has 1 aliphatic heterocycles. The largest absolute Gasteiger partial charge is 0.508 e. The molecular formula is C25H28O5. The summed E-state index contributed by atoms with van der Waals surface area (Å²) < 4.78 is 6.32. The Labute approximate surface area is 177 Å². The number of benzene rings is 2. The molecule has 1 unspecified atom stereocenters. The number of fused-ring (bicyclic) bond motifs is 1. The Balaban J connectivity index is 2.00. The number of ketones is 1. The van der Waals surface area contributed by atoms with Gasteiger partial charge in [-0.2, -0.15) is 0 Å². The lowest BCUT2D eigenvalue weighted by Gasteiger charge is -2.39. The van der Waals surface area contributed by atoms with Crippen LogP contribution in [-0.4, -0.2) is 21.1 Å². The fourth-order valence-corrected chi connectivity index (χ4v) is 3.88. The predicted octanol–water partition coefficient (Wildman–Crippen LogP) is 5.75. The molecule has 1 aliphatic rings. The van der Waals surface area contributed by atoms with Crippen molar-refractivity contribution in [1.29, 1.82) is 0 Å². The summed E-state index contributed by atoms with van der Waals surface area (Å²) in [5, 5.41) is 29.8. The summed E-state index contributed by atoms with van der Waals surface area (Å²) in [6.45, 7) is 6.13. The minimum absolute atomic E-state index is 0.0438. The van der Waals surface area contributed by atoms with E-state index in [9.17, 15) is 20.1 Å². The van der Waals surface area contributed by atoms with E-state index in [4.69, 9.17) is 4.74 Å². The molecule has 2 aromatic rings. The fourth-order valence-electron chi connectivity index (χ4n) is 3.88. The quantitative estimate of drug-likeness (QED) is 0.530. The maximum Gasteiger partial charge on any atom is 0.174 e. The number of hydrogen-bond acceptors (Lipinski definition) is 5. The maximum absolute atomic E-state index is 13.0. The molecule has 3 rings (SSSR count). The summed E-state index contributed by atoms with van der Waals surface area (Å²) in [6.07, 6.45) is 6.61. The molecule has 1 heterocycles. The van der Waals surface area contributed by atoms with Gasteiger partial charge in [0.2, 0.25) is 0 Å². The molecule has 5 heteroatoms. The van der Waals surface area contributed by atoms with Crippen molar-refractivity contribution in [2.24, 2.45) is 0 Å². The van der Waals surface area contributed by atoms with Crippen molar-refractivity contribution in [3.05, 3.63) is 70.8 Å². The molecule has 1 atom stereocenters. The van der Waals surface area contributed by atoms with E-state index in [0.717, 1.165) is 30.0 Å². The number of rotatable bonds is 6. The van der Waals surface area contributed by atoms with Gasteiger partial charge in [-0.3, -0.25) is 4.79 Å². The molecular weight excluding hydrogens is 380 g/mol. The lowest BCUT2D eigenvalue weighted by Crippen LogP contribution is -2.39. The first-order valence-electron chi connectivity index (χ1n) is 10.1. The number of aromatic hydroxyl groups is 3. The van der Waals surface area contributed by atoms with Crippen LogP contribution in [0.4, 0.5) is 0 Å². The van der Waals surface area contributed by atoms with E-state index in [1.54, 1.807) is 24.3 Å². The Kier molecular flexibility index (Phi) is 6.20. The highest BCUT2D eigenvalue weighted by Crippen LogP contribution is 2.47. The Morgan fingerprint density at radius 1 is 1.07 bits per heavy atom. The molecule has 30 heavy (non-hydrogen) atoms. The van der Waals surface area contributed by atoms with Gasteiger partial charge in [0.15, 0.2) is 5.78 Å². The van der Waals surface area contributed by atoms with E-state index in [1.807, 2.05) is 13.8 Å². The highest BCUT2D eigenvalue weighted by Gasteiger charge is 2.43. The van der Waals surface area contributed by atoms with E-state index >= 15 is 0 Å². The fraction of sp³-hybridized carbons (Fsp3) is 0.320. The van der Waals surface area contributed by atoms with Gasteiger partial charge in [0.1, 0.15) is 34.2 Å². The van der Waals surface area contributed by atoms with Crippen molar-refractivity contribution in [2.45, 2.75) is 52.1 Å². The second kappa shape index (κ2) is 8.66. The number of phenolic OH excluding ortho intramolecular Hbond substituents is 3. The number of allylic oxidation sites excluding steroid dienone is 3. The van der Waals surface area contributed by atoms with Crippen molar-refractivity contribution >= 4 is 5.78 Å². The summed E-state index contributed by atoms with van der Waals surface area (Å²) in [7, 11) is 0. The second-order valence-electron chi connectivity index (χ2n) is 7.98. The van der Waals surface area contributed by atoms with E-state index < -0.39 is 5.60 Å². The molecule has 0 amide bonds. The molecule has 0 radical (unpaired) electrons. The van der Waals surface area contributed by atoms with Crippen LogP contribution in [0.3, 0.4) is 0 Å². The number of ether oxygens (including phenoxy) is 1. The number of phenols is 3. The molecule has 0 fully saturated rings. The van der Waals surface area contributed by atoms with Crippen molar-refractivity contribution in [3.63, 3.8) is 0 Å². The standard InChI is InChI=1S/C25H28O5/c1-4-16(2)6-5-7-17(3)14-25(18-8-10-19(26)11-9-18)15-22(29)24-21(28)12-20(27)13-23(24)30-25/h4,7-13,26-28H,5-6,14-15H2,1-3H3/b16-4+,17-7?. The zero-order chi connectivity index (χ0) is 21.9. The molecule has 3 N–H and O–H groups in total. The van der Waals surface area contributed by atoms with Crippen LogP contribution < -0.4 is 4.74 Å². The summed E-state index contributed by atoms with van der Waals surface area (Å²) >= 11 is 0. The van der Waals surface area contributed by atoms with Gasteiger partial charge < -0.3 is 20.1 Å². The topological polar surface area (TPSA) is 87.0 Å². The summed E-state index contributed by atoms with van der Waals surface area (Å²) in [6, 6.07) is 9.11. The second-order valence-corrected chi connectivity index (χ2v) is 7.98. The van der Waals surface area contributed by atoms with Gasteiger partial charge in [0, 0.05) is 18.6 Å². The van der Waals surface area contributed by atoms with Crippen molar-refractivity contribution < 1.29 is 24.9 Å². The smallest absolute Gasteiger partial charge is 0.174 e. The van der Waals surface area contributed by atoms with Gasteiger partial charge >= 0.3 is 0 Å². The third kappa shape index (κ3) is 4.51. The minimum atomic E-state index is -0.992. The van der Waals surface area contributed by atoms with Crippen molar-refractivity contribution in [1.82, 2.24) is 0 Å². The number of Topliss-reactive ketones (excluding diaryl/α,β-unsaturated/α-hetero) is 1. The zero-order valence-electron chi connectivity index (χ0n) is 17.6. The van der Waals surface area contributed by atoms with Gasteiger partial charge in [-0.05, 0) is 51.3 Å². The zero-order valence-corrected chi connectivity index (χ0v) is 17.6. The van der Waals surface area contributed by atoms with Gasteiger partial charge in [0.05, 0.1) is 6.42 Å². The lowest BCUT2D eigenvalue weighted by molar-refractivity contribution is 0.0373. The van der Waals surface area contributed by atoms with E-state index in [-0.39, 0.29) is 40.8 Å². The average molecular weight is 408 g/mol. The molecule has 0 saturated heterocycles. The third-order valence-corrected chi connectivity index (χ3v) is 5.58. The molecule has 158 valence electrons. The van der Waals surface area contributed by atoms with Crippen molar-refractivity contribution in [2.75, 3.05) is 0 Å². The van der Waals surface area contributed by atoms with Crippen LogP contribution in [0.15, 0.2) is 59.7 Å². The molecule has 0 bridgehead atoms. The summed E-state index contributed by atoms with van der Waals surface area (Å²) in [5.74, 6) is -0.423. The van der Waals surface area contributed by atoms with Crippen LogP contribution in [0.25, 0.3) is 0 Å². The van der Waals surface area contributed by atoms with E-state index in [1.165, 1.54) is 11.6 Å². The normalized spacial score (nSPS) is 19.4. The average Bonchev–Trinajstić information content (AvgIpc) is 2.67. The first kappa shape index (κ1) is 21.5. The van der Waals surface area contributed by atoms with Gasteiger partial charge in [-0.15, -0.1) is 0 Å². The van der Waals surface area contributed by atoms with Crippen LogP contribution >= 0.6 is 0 Å². The highest BCUT2D eigenvalue weighted by atomic mass is 16.5. The SMILES string of the molecule is C/C=C(\C)CCC=C(C)CC1(c2ccc(O)cc2)CC(=O)c2c(O)cc(O)cc2O1. The maximum atomic E-state index is 13.0. The van der Waals surface area contributed by atoms with Gasteiger partial charge in [-0.25, -0.2) is 0 Å². The highest BCUT2D eigenvalue weighted by molar-refractivity contribution is 6.03. The Morgan fingerprint density at radius 2 is 1.77 bits per heavy atom. The van der Waals surface area contributed by atoms with Crippen molar-refractivity contribution in [3.8, 4) is 23.0 Å². The molecule has 0 aliphatic carbocycles. The molecule has 0 aromatic heterocycles. The Morgan fingerprint density at radius 3 is 2.43 bits per heavy atom. The minimum Gasteiger partial charge on any atom is -0.508 e. The summed E-state index contributed by atoms with van der Waals surface area (Å²) in [5.41, 5.74) is 2.24. The number of carbonyl (C=O) groups excluding carboxylic acids is 1. The number of hydrogen-bond donors (Lipinski definition) is 3. The van der Waals surface area contributed by atoms with Crippen LogP contribution in [0.5, 0.6) is 23.0 Å². The Hall–Kier alpha value is -3.21. The van der Waals surface area contributed by atoms with Gasteiger partial charge in [-0.1, -0.05) is 35.4 Å². The van der Waals surface area contributed by atoms with Crippen LogP contribution in [0.2, 0.25) is 0 Å². The monoisotopic (exact) mass is 408 g/mol. The first-order chi connectivity index (χ1) is 14.2. The third-order valence-electron chi connectivity index (χ3n) is 5.58.